The maximum Gasteiger partial charge on any atom is 0.0664 e. The van der Waals surface area contributed by atoms with Crippen molar-refractivity contribution in [2.75, 3.05) is 5.33 Å². The maximum absolute atomic E-state index is 11.8. The Morgan fingerprint density at radius 3 is 2.08 bits per heavy atom. The molecule has 0 unspecified atom stereocenters. The van der Waals surface area contributed by atoms with Crippen LogP contribution in [-0.2, 0) is 5.21 Å². The normalized spacial score (nSPS) is 27.3. The van der Waals surface area contributed by atoms with Crippen LogP contribution in [0.25, 0.3) is 0 Å². The van der Waals surface area contributed by atoms with Crippen molar-refractivity contribution in [1.82, 2.24) is 5.06 Å². The van der Waals surface area contributed by atoms with Crippen LogP contribution in [0.2, 0.25) is 0 Å². The van der Waals surface area contributed by atoms with E-state index in [1.807, 2.05) is 27.7 Å². The molecule has 0 N–H and O–H groups in total. The highest BCUT2D eigenvalue weighted by molar-refractivity contribution is 9.09. The molecule has 3 heteroatoms. The van der Waals surface area contributed by atoms with Gasteiger partial charge in [0.25, 0.3) is 0 Å². The first-order chi connectivity index (χ1) is 5.32. The highest BCUT2D eigenvalue weighted by Crippen LogP contribution is 2.38. The van der Waals surface area contributed by atoms with Crippen LogP contribution in [0.15, 0.2) is 11.6 Å². The summed E-state index contributed by atoms with van der Waals surface area (Å²) in [4.78, 5) is 0. The molecule has 0 saturated heterocycles. The molecule has 0 aromatic rings. The van der Waals surface area contributed by atoms with Gasteiger partial charge >= 0.3 is 0 Å². The third-order valence-electron chi connectivity index (χ3n) is 2.49. The first kappa shape index (κ1) is 10.2. The molecular weight excluding hydrogens is 218 g/mol. The van der Waals surface area contributed by atoms with Gasteiger partial charge < -0.3 is 0 Å². The van der Waals surface area contributed by atoms with Gasteiger partial charge in [0.05, 0.1) is 11.1 Å². The molecule has 0 aromatic carbocycles. The molecule has 0 aromatic heterocycles. The van der Waals surface area contributed by atoms with Gasteiger partial charge in [0.15, 0.2) is 0 Å². The second-order valence-electron chi connectivity index (χ2n) is 4.31. The fourth-order valence-corrected chi connectivity index (χ4v) is 2.56. The molecule has 1 heterocycles. The van der Waals surface area contributed by atoms with Crippen molar-refractivity contribution in [2.24, 2.45) is 0 Å². The molecule has 1 rings (SSSR count). The van der Waals surface area contributed by atoms with Crippen LogP contribution in [0.1, 0.15) is 27.7 Å². The summed E-state index contributed by atoms with van der Waals surface area (Å²) >= 11 is 3.40. The number of rotatable bonds is 1. The lowest BCUT2D eigenvalue weighted by atomic mass is 9.99. The summed E-state index contributed by atoms with van der Waals surface area (Å²) in [5.41, 5.74) is 0.460. The van der Waals surface area contributed by atoms with E-state index in [4.69, 9.17) is 0 Å². The van der Waals surface area contributed by atoms with Gasteiger partial charge in [-0.2, -0.15) is 0 Å². The largest absolute Gasteiger partial charge is 0.136 e. The number of nitrogens with zero attached hydrogens (tertiary/aromatic N) is 1. The zero-order valence-corrected chi connectivity index (χ0v) is 9.60. The molecule has 2 nitrogen and oxygen atoms in total. The third-order valence-corrected chi connectivity index (χ3v) is 3.09. The van der Waals surface area contributed by atoms with Gasteiger partial charge in [0.1, 0.15) is 0 Å². The minimum Gasteiger partial charge on any atom is -0.136 e. The summed E-state index contributed by atoms with van der Waals surface area (Å²) in [6.45, 7) is 7.80. The van der Waals surface area contributed by atoms with Gasteiger partial charge in [0.2, 0.25) is 0 Å². The molecule has 69 valence electrons. The number of halogens is 1. The predicted octanol–water partition coefficient (Wildman–Crippen LogP) is 2.53. The Balaban J connectivity index is 3.03. The van der Waals surface area contributed by atoms with E-state index >= 15 is 0 Å². The van der Waals surface area contributed by atoms with E-state index in [0.717, 1.165) is 10.4 Å². The van der Waals surface area contributed by atoms with Crippen LogP contribution < -0.4 is 0 Å². The molecule has 0 saturated carbocycles. The fraction of sp³-hybridized carbons (Fsp3) is 0.778. The SMILES string of the molecule is CC1(C)C=C(CBr)C(C)(C)N1[O]. The van der Waals surface area contributed by atoms with Gasteiger partial charge in [-0.3, -0.25) is 0 Å². The summed E-state index contributed by atoms with van der Waals surface area (Å²) in [5, 5.41) is 13.7. The highest BCUT2D eigenvalue weighted by Gasteiger charge is 2.45. The van der Waals surface area contributed by atoms with Crippen LogP contribution in [0.4, 0.5) is 0 Å². The average Bonchev–Trinajstić information content (AvgIpc) is 2.11. The molecular formula is C9H15BrNO. The lowest BCUT2D eigenvalue weighted by Gasteiger charge is -2.33. The minimum atomic E-state index is -0.355. The first-order valence-electron chi connectivity index (χ1n) is 4.08. The van der Waals surface area contributed by atoms with E-state index in [9.17, 15) is 5.21 Å². The van der Waals surface area contributed by atoms with Crippen LogP contribution >= 0.6 is 15.9 Å². The van der Waals surface area contributed by atoms with Crippen LogP contribution in [0, 0.1) is 0 Å². The Morgan fingerprint density at radius 2 is 1.92 bits per heavy atom. The van der Waals surface area contributed by atoms with Crippen molar-refractivity contribution in [3.05, 3.63) is 11.6 Å². The Kier molecular flexibility index (Phi) is 2.41. The maximum atomic E-state index is 11.8. The second kappa shape index (κ2) is 2.82. The molecule has 0 bridgehead atoms. The topological polar surface area (TPSA) is 23.1 Å². The predicted molar refractivity (Wildman–Crippen MR) is 52.6 cm³/mol. The average molecular weight is 233 g/mol. The van der Waals surface area contributed by atoms with E-state index in [0.29, 0.717) is 0 Å². The van der Waals surface area contributed by atoms with Crippen molar-refractivity contribution < 1.29 is 5.21 Å². The standard InChI is InChI=1S/C9H15BrNO/c1-8(2)5-7(6-10)9(3,4)11(8)12/h5H,6H2,1-4H3. The number of hydroxylamine groups is 2. The Hall–Kier alpha value is 0.140. The third kappa shape index (κ3) is 1.34. The number of alkyl halides is 1. The molecule has 0 amide bonds. The summed E-state index contributed by atoms with van der Waals surface area (Å²) in [6, 6.07) is 0. The molecule has 0 fully saturated rings. The molecule has 0 spiro atoms. The van der Waals surface area contributed by atoms with Gasteiger partial charge in [-0.25, -0.2) is 0 Å². The van der Waals surface area contributed by atoms with Crippen molar-refractivity contribution in [3.63, 3.8) is 0 Å². The van der Waals surface area contributed by atoms with Crippen LogP contribution in [0.3, 0.4) is 0 Å². The summed E-state index contributed by atoms with van der Waals surface area (Å²) in [6.07, 6.45) is 2.05. The summed E-state index contributed by atoms with van der Waals surface area (Å²) in [5.74, 6) is 0. The molecule has 1 radical (unpaired) electrons. The lowest BCUT2D eigenvalue weighted by molar-refractivity contribution is -0.238. The van der Waals surface area contributed by atoms with Gasteiger partial charge in [-0.05, 0) is 33.3 Å². The van der Waals surface area contributed by atoms with Gasteiger partial charge in [0, 0.05) is 5.33 Å². The van der Waals surface area contributed by atoms with Crippen molar-refractivity contribution >= 4 is 15.9 Å². The van der Waals surface area contributed by atoms with E-state index in [1.54, 1.807) is 0 Å². The van der Waals surface area contributed by atoms with Crippen LogP contribution in [-0.4, -0.2) is 21.5 Å². The van der Waals surface area contributed by atoms with Crippen LogP contribution in [0.5, 0.6) is 0 Å². The smallest absolute Gasteiger partial charge is 0.0664 e. The van der Waals surface area contributed by atoms with Crippen molar-refractivity contribution in [1.29, 1.82) is 0 Å². The Bertz CT molecular complexity index is 221. The molecule has 0 aliphatic carbocycles. The molecule has 12 heavy (non-hydrogen) atoms. The second-order valence-corrected chi connectivity index (χ2v) is 4.87. The first-order valence-corrected chi connectivity index (χ1v) is 5.20. The van der Waals surface area contributed by atoms with E-state index < -0.39 is 0 Å². The summed E-state index contributed by atoms with van der Waals surface area (Å²) < 4.78 is 0. The van der Waals surface area contributed by atoms with Gasteiger partial charge in [-0.1, -0.05) is 22.0 Å². The number of hydrogen-bond donors (Lipinski definition) is 0. The van der Waals surface area contributed by atoms with E-state index in [2.05, 4.69) is 22.0 Å². The van der Waals surface area contributed by atoms with Crippen molar-refractivity contribution in [2.45, 2.75) is 38.8 Å². The molecule has 0 atom stereocenters. The lowest BCUT2D eigenvalue weighted by Crippen LogP contribution is -2.46. The highest BCUT2D eigenvalue weighted by atomic mass is 79.9. The van der Waals surface area contributed by atoms with Gasteiger partial charge in [-0.15, -0.1) is 10.3 Å². The minimum absolute atomic E-state index is 0.354. The monoisotopic (exact) mass is 232 g/mol. The van der Waals surface area contributed by atoms with E-state index in [1.165, 1.54) is 5.57 Å². The van der Waals surface area contributed by atoms with E-state index in [-0.39, 0.29) is 11.1 Å². The number of hydrogen-bond acceptors (Lipinski definition) is 1. The Morgan fingerprint density at radius 1 is 1.42 bits per heavy atom. The summed E-state index contributed by atoms with van der Waals surface area (Å²) in [7, 11) is 0. The quantitative estimate of drug-likeness (QED) is 0.504. The Labute approximate surface area is 82.3 Å². The fourth-order valence-electron chi connectivity index (χ4n) is 1.71. The molecule has 1 aliphatic heterocycles. The van der Waals surface area contributed by atoms with Crippen molar-refractivity contribution in [3.8, 4) is 0 Å². The zero-order valence-electron chi connectivity index (χ0n) is 8.02. The zero-order chi connectivity index (χ0) is 9.57. The molecule has 1 aliphatic rings.